The minimum absolute atomic E-state index is 0.156. The van der Waals surface area contributed by atoms with E-state index in [9.17, 15) is 4.79 Å². The first-order chi connectivity index (χ1) is 6.47. The van der Waals surface area contributed by atoms with Gasteiger partial charge in [-0.05, 0) is 46.1 Å². The van der Waals surface area contributed by atoms with Crippen LogP contribution in [0.5, 0.6) is 0 Å². The Labute approximate surface area is 86.2 Å². The van der Waals surface area contributed by atoms with Crippen molar-refractivity contribution < 1.29 is 9.53 Å². The van der Waals surface area contributed by atoms with Gasteiger partial charge in [0.05, 0.1) is 6.54 Å². The fourth-order valence-electron chi connectivity index (χ4n) is 1.45. The Balaban J connectivity index is 2.02. The number of esters is 1. The lowest BCUT2D eigenvalue weighted by atomic mass is 9.85. The van der Waals surface area contributed by atoms with Gasteiger partial charge >= 0.3 is 5.97 Å². The van der Waals surface area contributed by atoms with E-state index in [1.807, 2.05) is 20.8 Å². The summed E-state index contributed by atoms with van der Waals surface area (Å²) in [4.78, 5) is 11.3. The minimum Gasteiger partial charge on any atom is -0.459 e. The quantitative estimate of drug-likeness (QED) is 0.701. The summed E-state index contributed by atoms with van der Waals surface area (Å²) in [5, 5.41) is 3.14. The first-order valence-corrected chi connectivity index (χ1v) is 5.40. The number of hydrogen-bond acceptors (Lipinski definition) is 3. The largest absolute Gasteiger partial charge is 0.459 e. The number of rotatable bonds is 4. The van der Waals surface area contributed by atoms with Crippen LogP contribution in [-0.2, 0) is 9.53 Å². The second-order valence-electron chi connectivity index (χ2n) is 5.01. The molecular formula is C11H21NO2. The second-order valence-corrected chi connectivity index (χ2v) is 5.01. The normalized spacial score (nSPS) is 17.6. The summed E-state index contributed by atoms with van der Waals surface area (Å²) < 4.78 is 5.17. The molecule has 3 nitrogen and oxygen atoms in total. The zero-order valence-corrected chi connectivity index (χ0v) is 9.43. The summed E-state index contributed by atoms with van der Waals surface area (Å²) >= 11 is 0. The molecule has 0 aromatic rings. The summed E-state index contributed by atoms with van der Waals surface area (Å²) in [5.74, 6) is 0.634. The van der Waals surface area contributed by atoms with Crippen molar-refractivity contribution in [3.63, 3.8) is 0 Å². The molecule has 0 saturated heterocycles. The van der Waals surface area contributed by atoms with Crippen LogP contribution in [0.25, 0.3) is 0 Å². The standard InChI is InChI=1S/C11H21NO2/c1-11(2,3)14-10(13)8-12-7-9-5-4-6-9/h9,12H,4-8H2,1-3H3. The third-order valence-corrected chi connectivity index (χ3v) is 2.35. The van der Waals surface area contributed by atoms with Gasteiger partial charge in [0.2, 0.25) is 0 Å². The molecule has 0 atom stereocenters. The van der Waals surface area contributed by atoms with E-state index < -0.39 is 0 Å². The minimum atomic E-state index is -0.366. The molecule has 0 heterocycles. The summed E-state index contributed by atoms with van der Waals surface area (Å²) in [7, 11) is 0. The smallest absolute Gasteiger partial charge is 0.320 e. The van der Waals surface area contributed by atoms with E-state index >= 15 is 0 Å². The molecule has 0 amide bonds. The van der Waals surface area contributed by atoms with Crippen LogP contribution in [0, 0.1) is 5.92 Å². The molecule has 1 fully saturated rings. The van der Waals surface area contributed by atoms with Crippen molar-refractivity contribution in [2.24, 2.45) is 5.92 Å². The number of carbonyl (C=O) groups excluding carboxylic acids is 1. The predicted octanol–water partition coefficient (Wildman–Crippen LogP) is 1.72. The topological polar surface area (TPSA) is 38.3 Å². The molecule has 0 aliphatic heterocycles. The van der Waals surface area contributed by atoms with Crippen LogP contribution in [0.1, 0.15) is 40.0 Å². The van der Waals surface area contributed by atoms with Crippen LogP contribution < -0.4 is 5.32 Å². The summed E-state index contributed by atoms with van der Waals surface area (Å²) in [5.41, 5.74) is -0.366. The molecule has 0 aromatic carbocycles. The van der Waals surface area contributed by atoms with Gasteiger partial charge in [-0.3, -0.25) is 4.79 Å². The van der Waals surface area contributed by atoms with Gasteiger partial charge in [-0.1, -0.05) is 6.42 Å². The zero-order chi connectivity index (χ0) is 10.6. The van der Waals surface area contributed by atoms with Crippen LogP contribution in [0.4, 0.5) is 0 Å². The van der Waals surface area contributed by atoms with Gasteiger partial charge < -0.3 is 10.1 Å². The summed E-state index contributed by atoms with van der Waals surface area (Å²) in [6.45, 7) is 6.96. The number of nitrogens with one attached hydrogen (secondary N) is 1. The van der Waals surface area contributed by atoms with Crippen LogP contribution in [0.2, 0.25) is 0 Å². The van der Waals surface area contributed by atoms with Crippen molar-refractivity contribution in [2.75, 3.05) is 13.1 Å². The number of hydrogen-bond donors (Lipinski definition) is 1. The van der Waals surface area contributed by atoms with Crippen molar-refractivity contribution in [3.05, 3.63) is 0 Å². The highest BCUT2D eigenvalue weighted by atomic mass is 16.6. The first kappa shape index (κ1) is 11.5. The molecule has 1 saturated carbocycles. The van der Waals surface area contributed by atoms with Gasteiger partial charge in [0.15, 0.2) is 0 Å². The molecule has 82 valence electrons. The van der Waals surface area contributed by atoms with Gasteiger partial charge in [0.1, 0.15) is 5.60 Å². The van der Waals surface area contributed by atoms with E-state index in [2.05, 4.69) is 5.32 Å². The highest BCUT2D eigenvalue weighted by Gasteiger charge is 2.18. The molecular weight excluding hydrogens is 178 g/mol. The van der Waals surface area contributed by atoms with Crippen LogP contribution in [-0.4, -0.2) is 24.7 Å². The SMILES string of the molecule is CC(C)(C)OC(=O)CNCC1CCC1. The Kier molecular flexibility index (Phi) is 3.93. The lowest BCUT2D eigenvalue weighted by Crippen LogP contribution is -2.35. The van der Waals surface area contributed by atoms with E-state index in [0.29, 0.717) is 6.54 Å². The van der Waals surface area contributed by atoms with E-state index in [0.717, 1.165) is 12.5 Å². The molecule has 3 heteroatoms. The Morgan fingerprint density at radius 1 is 1.43 bits per heavy atom. The molecule has 14 heavy (non-hydrogen) atoms. The van der Waals surface area contributed by atoms with E-state index in [4.69, 9.17) is 4.74 Å². The number of ether oxygens (including phenoxy) is 1. The van der Waals surface area contributed by atoms with Gasteiger partial charge in [0.25, 0.3) is 0 Å². The molecule has 1 aliphatic rings. The maximum absolute atomic E-state index is 11.3. The Morgan fingerprint density at radius 2 is 2.07 bits per heavy atom. The maximum Gasteiger partial charge on any atom is 0.320 e. The second kappa shape index (κ2) is 4.78. The molecule has 1 aliphatic carbocycles. The molecule has 1 rings (SSSR count). The van der Waals surface area contributed by atoms with Gasteiger partial charge in [-0.2, -0.15) is 0 Å². The Bertz CT molecular complexity index is 192. The lowest BCUT2D eigenvalue weighted by molar-refractivity contribution is -0.153. The average Bonchev–Trinajstić information content (AvgIpc) is 1.90. The summed E-state index contributed by atoms with van der Waals surface area (Å²) in [6.07, 6.45) is 3.96. The van der Waals surface area contributed by atoms with Crippen LogP contribution in [0.3, 0.4) is 0 Å². The molecule has 0 spiro atoms. The van der Waals surface area contributed by atoms with Crippen molar-refractivity contribution in [1.29, 1.82) is 0 Å². The predicted molar refractivity (Wildman–Crippen MR) is 56.1 cm³/mol. The number of carbonyl (C=O) groups is 1. The summed E-state index contributed by atoms with van der Waals surface area (Å²) in [6, 6.07) is 0. The Hall–Kier alpha value is -0.570. The van der Waals surface area contributed by atoms with Crippen molar-refractivity contribution in [2.45, 2.75) is 45.6 Å². The molecule has 0 radical (unpaired) electrons. The van der Waals surface area contributed by atoms with E-state index in [1.165, 1.54) is 19.3 Å². The highest BCUT2D eigenvalue weighted by Crippen LogP contribution is 2.24. The van der Waals surface area contributed by atoms with Crippen molar-refractivity contribution in [1.82, 2.24) is 5.32 Å². The van der Waals surface area contributed by atoms with E-state index in [1.54, 1.807) is 0 Å². The third-order valence-electron chi connectivity index (χ3n) is 2.35. The van der Waals surface area contributed by atoms with Crippen molar-refractivity contribution in [3.8, 4) is 0 Å². The molecule has 0 bridgehead atoms. The third kappa shape index (κ3) is 4.61. The lowest BCUT2D eigenvalue weighted by Gasteiger charge is -2.25. The van der Waals surface area contributed by atoms with Crippen molar-refractivity contribution >= 4 is 5.97 Å². The fraction of sp³-hybridized carbons (Fsp3) is 0.909. The van der Waals surface area contributed by atoms with Crippen LogP contribution >= 0.6 is 0 Å². The monoisotopic (exact) mass is 199 g/mol. The maximum atomic E-state index is 11.3. The molecule has 0 aromatic heterocycles. The fourth-order valence-corrected chi connectivity index (χ4v) is 1.45. The van der Waals surface area contributed by atoms with Gasteiger partial charge in [-0.15, -0.1) is 0 Å². The van der Waals surface area contributed by atoms with Crippen LogP contribution in [0.15, 0.2) is 0 Å². The first-order valence-electron chi connectivity index (χ1n) is 5.40. The Morgan fingerprint density at radius 3 is 2.50 bits per heavy atom. The zero-order valence-electron chi connectivity index (χ0n) is 9.43. The molecule has 0 unspecified atom stereocenters. The van der Waals surface area contributed by atoms with Gasteiger partial charge in [-0.25, -0.2) is 0 Å². The van der Waals surface area contributed by atoms with Gasteiger partial charge in [0, 0.05) is 0 Å². The molecule has 1 N–H and O–H groups in total. The highest BCUT2D eigenvalue weighted by molar-refractivity contribution is 5.72. The van der Waals surface area contributed by atoms with E-state index in [-0.39, 0.29) is 11.6 Å². The average molecular weight is 199 g/mol.